The molecule has 0 radical (unpaired) electrons. The summed E-state index contributed by atoms with van der Waals surface area (Å²) in [4.78, 5) is 23.3. The van der Waals surface area contributed by atoms with E-state index in [1.807, 2.05) is 0 Å². The number of nitrogens with zero attached hydrogens (tertiary/aromatic N) is 3. The third kappa shape index (κ3) is 5.00. The van der Waals surface area contributed by atoms with Gasteiger partial charge in [-0.2, -0.15) is 0 Å². The van der Waals surface area contributed by atoms with E-state index >= 15 is 0 Å². The van der Waals surface area contributed by atoms with Crippen LogP contribution in [0.4, 0.5) is 17.2 Å². The highest BCUT2D eigenvalue weighted by molar-refractivity contribution is 5.93. The van der Waals surface area contributed by atoms with E-state index in [9.17, 15) is 4.79 Å². The van der Waals surface area contributed by atoms with Gasteiger partial charge in [-0.25, -0.2) is 9.97 Å². The van der Waals surface area contributed by atoms with Gasteiger partial charge in [0.2, 0.25) is 0 Å². The van der Waals surface area contributed by atoms with Crippen molar-refractivity contribution in [2.45, 2.75) is 58.9 Å². The van der Waals surface area contributed by atoms with Gasteiger partial charge < -0.3 is 15.5 Å². The number of nitrogens with one attached hydrogen (secondary N) is 2. The van der Waals surface area contributed by atoms with Crippen LogP contribution in [-0.4, -0.2) is 35.0 Å². The van der Waals surface area contributed by atoms with Gasteiger partial charge in [-0.3, -0.25) is 4.79 Å². The number of rotatable bonds is 7. The number of hydrogen-bond donors (Lipinski definition) is 2. The van der Waals surface area contributed by atoms with Gasteiger partial charge in [0.25, 0.3) is 5.91 Å². The van der Waals surface area contributed by atoms with Crippen LogP contribution in [0, 0.1) is 6.92 Å². The summed E-state index contributed by atoms with van der Waals surface area (Å²) in [6, 6.07) is 8.33. The lowest BCUT2D eigenvalue weighted by Crippen LogP contribution is -2.36. The number of carbonyl (C=O) groups excluding carboxylic acids is 1. The minimum atomic E-state index is -0.119. The van der Waals surface area contributed by atoms with Gasteiger partial charge >= 0.3 is 0 Å². The molecule has 0 unspecified atom stereocenters. The summed E-state index contributed by atoms with van der Waals surface area (Å²) in [7, 11) is 0. The maximum Gasteiger partial charge on any atom is 0.270 e. The molecule has 150 valence electrons. The van der Waals surface area contributed by atoms with Gasteiger partial charge in [0.15, 0.2) is 0 Å². The van der Waals surface area contributed by atoms with Gasteiger partial charge in [-0.1, -0.05) is 19.3 Å². The molecule has 28 heavy (non-hydrogen) atoms. The van der Waals surface area contributed by atoms with Crippen LogP contribution in [0.5, 0.6) is 0 Å². The SMILES string of the molecule is CCN(CC)c1ccc(Nc2cc(C(=O)NC3CCCCC3)ncn2)c(C)c1. The molecule has 1 aliphatic rings. The zero-order valence-electron chi connectivity index (χ0n) is 17.2. The van der Waals surface area contributed by atoms with Crippen molar-refractivity contribution in [3.8, 4) is 0 Å². The Kier molecular flexibility index (Phi) is 6.85. The van der Waals surface area contributed by atoms with Crippen LogP contribution in [0.3, 0.4) is 0 Å². The van der Waals surface area contributed by atoms with E-state index in [4.69, 9.17) is 0 Å². The molecule has 3 rings (SSSR count). The molecular formula is C22H31N5O. The highest BCUT2D eigenvalue weighted by Crippen LogP contribution is 2.25. The molecule has 1 aromatic heterocycles. The second kappa shape index (κ2) is 9.53. The fraction of sp³-hybridized carbons (Fsp3) is 0.500. The Morgan fingerprint density at radius 3 is 2.54 bits per heavy atom. The average molecular weight is 382 g/mol. The number of aryl methyl sites for hydroxylation is 1. The Balaban J connectivity index is 1.69. The highest BCUT2D eigenvalue weighted by atomic mass is 16.1. The second-order valence-corrected chi connectivity index (χ2v) is 7.39. The minimum Gasteiger partial charge on any atom is -0.372 e. The number of anilines is 3. The topological polar surface area (TPSA) is 70.2 Å². The summed E-state index contributed by atoms with van der Waals surface area (Å²) >= 11 is 0. The molecule has 1 aromatic carbocycles. The smallest absolute Gasteiger partial charge is 0.270 e. The van der Waals surface area contributed by atoms with E-state index < -0.39 is 0 Å². The van der Waals surface area contributed by atoms with Crippen molar-refractivity contribution in [3.05, 3.63) is 41.9 Å². The first-order chi connectivity index (χ1) is 13.6. The zero-order chi connectivity index (χ0) is 19.9. The third-order valence-electron chi connectivity index (χ3n) is 5.44. The normalized spacial score (nSPS) is 14.5. The molecule has 1 amide bonds. The third-order valence-corrected chi connectivity index (χ3v) is 5.44. The Morgan fingerprint density at radius 2 is 1.86 bits per heavy atom. The van der Waals surface area contributed by atoms with Crippen molar-refractivity contribution in [3.63, 3.8) is 0 Å². The molecule has 6 heteroatoms. The standard InChI is InChI=1S/C22H31N5O/c1-4-27(5-2)18-11-12-19(16(3)13-18)26-21-14-20(23-15-24-21)22(28)25-17-9-7-6-8-10-17/h11-15,17H,4-10H2,1-3H3,(H,25,28)(H,23,24,26). The molecule has 1 aliphatic carbocycles. The second-order valence-electron chi connectivity index (χ2n) is 7.39. The van der Waals surface area contributed by atoms with Gasteiger partial charge in [-0.15, -0.1) is 0 Å². The molecule has 0 atom stereocenters. The van der Waals surface area contributed by atoms with Crippen LogP contribution in [-0.2, 0) is 0 Å². The van der Waals surface area contributed by atoms with Crippen LogP contribution >= 0.6 is 0 Å². The van der Waals surface area contributed by atoms with Crippen molar-refractivity contribution < 1.29 is 4.79 Å². The minimum absolute atomic E-state index is 0.119. The number of benzene rings is 1. The van der Waals surface area contributed by atoms with E-state index in [0.29, 0.717) is 11.5 Å². The summed E-state index contributed by atoms with van der Waals surface area (Å²) in [5.41, 5.74) is 3.73. The Hall–Kier alpha value is -2.63. The first kappa shape index (κ1) is 20.1. The lowest BCUT2D eigenvalue weighted by atomic mass is 9.95. The van der Waals surface area contributed by atoms with Crippen LogP contribution in [0.15, 0.2) is 30.6 Å². The number of amides is 1. The molecule has 0 saturated heterocycles. The molecule has 6 nitrogen and oxygen atoms in total. The summed E-state index contributed by atoms with van der Waals surface area (Å²) < 4.78 is 0. The lowest BCUT2D eigenvalue weighted by Gasteiger charge is -2.23. The van der Waals surface area contributed by atoms with Crippen LogP contribution in [0.1, 0.15) is 62.0 Å². The zero-order valence-corrected chi connectivity index (χ0v) is 17.2. The van der Waals surface area contributed by atoms with Gasteiger partial charge in [0, 0.05) is 36.6 Å². The van der Waals surface area contributed by atoms with Gasteiger partial charge in [0.1, 0.15) is 17.8 Å². The molecule has 0 spiro atoms. The average Bonchev–Trinajstić information content (AvgIpc) is 2.72. The Labute approximate surface area is 167 Å². The quantitative estimate of drug-likeness (QED) is 0.742. The van der Waals surface area contributed by atoms with E-state index in [1.54, 1.807) is 6.07 Å². The van der Waals surface area contributed by atoms with Gasteiger partial charge in [-0.05, 0) is 57.4 Å². The van der Waals surface area contributed by atoms with Crippen LogP contribution in [0.25, 0.3) is 0 Å². The first-order valence-electron chi connectivity index (χ1n) is 10.4. The van der Waals surface area contributed by atoms with E-state index in [-0.39, 0.29) is 11.9 Å². The van der Waals surface area contributed by atoms with E-state index in [2.05, 4.69) is 64.5 Å². The van der Waals surface area contributed by atoms with Crippen molar-refractivity contribution >= 4 is 23.1 Å². The predicted octanol–water partition coefficient (Wildman–Crippen LogP) is 4.44. The number of carbonyl (C=O) groups is 1. The number of hydrogen-bond acceptors (Lipinski definition) is 5. The van der Waals surface area contributed by atoms with Crippen LogP contribution in [0.2, 0.25) is 0 Å². The summed E-state index contributed by atoms with van der Waals surface area (Å²) in [5.74, 6) is 0.508. The molecule has 2 N–H and O–H groups in total. The number of aromatic nitrogens is 2. The summed E-state index contributed by atoms with van der Waals surface area (Å²) in [6.07, 6.45) is 7.19. The monoisotopic (exact) mass is 381 g/mol. The Morgan fingerprint density at radius 1 is 1.11 bits per heavy atom. The Bertz CT molecular complexity index is 797. The van der Waals surface area contributed by atoms with Crippen molar-refractivity contribution in [2.24, 2.45) is 0 Å². The lowest BCUT2D eigenvalue weighted by molar-refractivity contribution is 0.0922. The van der Waals surface area contributed by atoms with Crippen LogP contribution < -0.4 is 15.5 Å². The maximum atomic E-state index is 12.5. The summed E-state index contributed by atoms with van der Waals surface area (Å²) in [6.45, 7) is 8.35. The molecule has 1 saturated carbocycles. The van der Waals surface area contributed by atoms with Crippen molar-refractivity contribution in [2.75, 3.05) is 23.3 Å². The fourth-order valence-corrected chi connectivity index (χ4v) is 3.77. The van der Waals surface area contributed by atoms with E-state index in [0.717, 1.165) is 37.2 Å². The fourth-order valence-electron chi connectivity index (χ4n) is 3.77. The van der Waals surface area contributed by atoms with Gasteiger partial charge in [0.05, 0.1) is 0 Å². The molecule has 0 bridgehead atoms. The predicted molar refractivity (Wildman–Crippen MR) is 114 cm³/mol. The molecule has 2 aromatic rings. The van der Waals surface area contributed by atoms with Crippen molar-refractivity contribution in [1.29, 1.82) is 0 Å². The molecule has 1 fully saturated rings. The van der Waals surface area contributed by atoms with Crippen molar-refractivity contribution in [1.82, 2.24) is 15.3 Å². The molecule has 0 aliphatic heterocycles. The summed E-state index contributed by atoms with van der Waals surface area (Å²) in [5, 5.41) is 6.43. The van der Waals surface area contributed by atoms with E-state index in [1.165, 1.54) is 31.3 Å². The maximum absolute atomic E-state index is 12.5. The highest BCUT2D eigenvalue weighted by Gasteiger charge is 2.18. The first-order valence-corrected chi connectivity index (χ1v) is 10.4. The largest absolute Gasteiger partial charge is 0.372 e. The molecular weight excluding hydrogens is 350 g/mol. The molecule has 1 heterocycles.